The average molecular weight is 251 g/mol. The van der Waals surface area contributed by atoms with E-state index in [1.54, 1.807) is 27.7 Å². The van der Waals surface area contributed by atoms with Crippen molar-refractivity contribution in [3.05, 3.63) is 35.9 Å². The molecule has 2 N–H and O–H groups in total. The zero-order valence-corrected chi connectivity index (χ0v) is 11.3. The first-order valence-corrected chi connectivity index (χ1v) is 6.02. The summed E-state index contributed by atoms with van der Waals surface area (Å²) in [5.74, 6) is 0. The largest absolute Gasteiger partial charge is 0.444 e. The van der Waals surface area contributed by atoms with Crippen LogP contribution in [-0.2, 0) is 4.74 Å². The molecule has 18 heavy (non-hydrogen) atoms. The van der Waals surface area contributed by atoms with Crippen molar-refractivity contribution < 1.29 is 14.6 Å². The van der Waals surface area contributed by atoms with Crippen molar-refractivity contribution >= 4 is 6.09 Å². The predicted molar refractivity (Wildman–Crippen MR) is 70.2 cm³/mol. The summed E-state index contributed by atoms with van der Waals surface area (Å²) in [7, 11) is 0. The van der Waals surface area contributed by atoms with Gasteiger partial charge < -0.3 is 15.2 Å². The third-order valence-electron chi connectivity index (χ3n) is 2.36. The molecule has 0 aliphatic heterocycles. The maximum atomic E-state index is 11.6. The molecule has 0 fully saturated rings. The fraction of sp³-hybridized carbons (Fsp3) is 0.500. The lowest BCUT2D eigenvalue weighted by molar-refractivity contribution is 0.0436. The lowest BCUT2D eigenvalue weighted by atomic mass is 10.0. The van der Waals surface area contributed by atoms with Crippen LogP contribution in [0.2, 0.25) is 0 Å². The van der Waals surface area contributed by atoms with Crippen molar-refractivity contribution in [1.82, 2.24) is 5.32 Å². The van der Waals surface area contributed by atoms with E-state index in [-0.39, 0.29) is 0 Å². The molecule has 4 heteroatoms. The number of amides is 1. The van der Waals surface area contributed by atoms with Gasteiger partial charge in [0.1, 0.15) is 5.60 Å². The van der Waals surface area contributed by atoms with E-state index in [1.165, 1.54) is 0 Å². The minimum absolute atomic E-state index is 0.415. The SMILES string of the molecule is C[C@H](NC(=O)OC(C)(C)C)[C@H](O)c1ccccc1. The Morgan fingerprint density at radius 2 is 1.83 bits per heavy atom. The second kappa shape index (κ2) is 5.87. The first-order valence-electron chi connectivity index (χ1n) is 6.02. The van der Waals surface area contributed by atoms with E-state index in [1.807, 2.05) is 30.3 Å². The van der Waals surface area contributed by atoms with Gasteiger partial charge in [0.2, 0.25) is 0 Å². The maximum absolute atomic E-state index is 11.6. The van der Waals surface area contributed by atoms with E-state index in [4.69, 9.17) is 4.74 Å². The summed E-state index contributed by atoms with van der Waals surface area (Å²) in [6, 6.07) is 8.79. The van der Waals surface area contributed by atoms with Crippen LogP contribution >= 0.6 is 0 Å². The van der Waals surface area contributed by atoms with Crippen molar-refractivity contribution in [1.29, 1.82) is 0 Å². The van der Waals surface area contributed by atoms with Crippen LogP contribution in [0.3, 0.4) is 0 Å². The van der Waals surface area contributed by atoms with Crippen molar-refractivity contribution in [2.24, 2.45) is 0 Å². The summed E-state index contributed by atoms with van der Waals surface area (Å²) in [5.41, 5.74) is 0.225. The zero-order chi connectivity index (χ0) is 13.8. The number of hydrogen-bond acceptors (Lipinski definition) is 3. The number of aliphatic hydroxyl groups is 1. The monoisotopic (exact) mass is 251 g/mol. The molecular formula is C14H21NO3. The Bertz CT molecular complexity index is 384. The van der Waals surface area contributed by atoms with Crippen LogP contribution in [0.25, 0.3) is 0 Å². The molecule has 0 unspecified atom stereocenters. The third kappa shape index (κ3) is 4.75. The highest BCUT2D eigenvalue weighted by atomic mass is 16.6. The molecule has 0 aliphatic rings. The number of rotatable bonds is 3. The molecule has 0 saturated heterocycles. The van der Waals surface area contributed by atoms with Crippen molar-refractivity contribution in [3.8, 4) is 0 Å². The number of alkyl carbamates (subject to hydrolysis) is 1. The van der Waals surface area contributed by atoms with Crippen LogP contribution in [0.1, 0.15) is 39.4 Å². The summed E-state index contributed by atoms with van der Waals surface area (Å²) in [5, 5.41) is 12.7. The molecule has 0 radical (unpaired) electrons. The molecule has 1 amide bonds. The molecule has 1 aromatic carbocycles. The number of benzene rings is 1. The van der Waals surface area contributed by atoms with E-state index in [9.17, 15) is 9.90 Å². The average Bonchev–Trinajstić information content (AvgIpc) is 2.26. The highest BCUT2D eigenvalue weighted by Crippen LogP contribution is 2.16. The quantitative estimate of drug-likeness (QED) is 0.868. The van der Waals surface area contributed by atoms with Gasteiger partial charge in [-0.05, 0) is 33.3 Å². The number of ether oxygens (including phenoxy) is 1. The summed E-state index contributed by atoms with van der Waals surface area (Å²) in [6.07, 6.45) is -1.27. The summed E-state index contributed by atoms with van der Waals surface area (Å²) in [6.45, 7) is 7.13. The Morgan fingerprint density at radius 1 is 1.28 bits per heavy atom. The molecule has 0 heterocycles. The Balaban J connectivity index is 2.55. The minimum Gasteiger partial charge on any atom is -0.444 e. The van der Waals surface area contributed by atoms with Gasteiger partial charge in [0.15, 0.2) is 0 Å². The van der Waals surface area contributed by atoms with Crippen molar-refractivity contribution in [2.75, 3.05) is 0 Å². The summed E-state index contributed by atoms with van der Waals surface area (Å²) >= 11 is 0. The van der Waals surface area contributed by atoms with E-state index < -0.39 is 23.8 Å². The molecule has 0 bridgehead atoms. The third-order valence-corrected chi connectivity index (χ3v) is 2.36. The van der Waals surface area contributed by atoms with Crippen LogP contribution in [0, 0.1) is 0 Å². The number of nitrogens with one attached hydrogen (secondary N) is 1. The predicted octanol–water partition coefficient (Wildman–Crippen LogP) is 2.63. The molecule has 2 atom stereocenters. The number of carbonyl (C=O) groups excluding carboxylic acids is 1. The van der Waals surface area contributed by atoms with Gasteiger partial charge in [0, 0.05) is 0 Å². The van der Waals surface area contributed by atoms with E-state index >= 15 is 0 Å². The number of hydrogen-bond donors (Lipinski definition) is 2. The zero-order valence-electron chi connectivity index (χ0n) is 11.3. The molecule has 4 nitrogen and oxygen atoms in total. The lowest BCUT2D eigenvalue weighted by Gasteiger charge is -2.24. The standard InChI is InChI=1S/C14H21NO3/c1-10(15-13(17)18-14(2,3)4)12(16)11-8-6-5-7-9-11/h5-10,12,16H,1-4H3,(H,15,17)/t10-,12-/m0/s1. The van der Waals surface area contributed by atoms with Crippen LogP contribution in [0.15, 0.2) is 30.3 Å². The molecule has 100 valence electrons. The van der Waals surface area contributed by atoms with Crippen LogP contribution in [-0.4, -0.2) is 22.8 Å². The Labute approximate surface area is 108 Å². The molecule has 0 saturated carbocycles. The first kappa shape index (κ1) is 14.5. The fourth-order valence-corrected chi connectivity index (χ4v) is 1.51. The fourth-order valence-electron chi connectivity index (χ4n) is 1.51. The minimum atomic E-state index is -0.751. The van der Waals surface area contributed by atoms with E-state index in [0.717, 1.165) is 5.56 Å². The van der Waals surface area contributed by atoms with Gasteiger partial charge >= 0.3 is 6.09 Å². The van der Waals surface area contributed by atoms with Gasteiger partial charge in [-0.3, -0.25) is 0 Å². The summed E-state index contributed by atoms with van der Waals surface area (Å²) < 4.78 is 5.13. The Hall–Kier alpha value is -1.55. The molecule has 1 aromatic rings. The molecule has 0 aliphatic carbocycles. The van der Waals surface area contributed by atoms with Crippen LogP contribution in [0.5, 0.6) is 0 Å². The number of carbonyl (C=O) groups is 1. The summed E-state index contributed by atoms with van der Waals surface area (Å²) in [4.78, 5) is 11.6. The van der Waals surface area contributed by atoms with Crippen LogP contribution < -0.4 is 5.32 Å². The Morgan fingerprint density at radius 3 is 2.33 bits per heavy atom. The number of aliphatic hydroxyl groups excluding tert-OH is 1. The second-order valence-electron chi connectivity index (χ2n) is 5.29. The van der Waals surface area contributed by atoms with Gasteiger partial charge in [0.25, 0.3) is 0 Å². The molecular weight excluding hydrogens is 230 g/mol. The van der Waals surface area contributed by atoms with Gasteiger partial charge in [-0.25, -0.2) is 4.79 Å². The topological polar surface area (TPSA) is 58.6 Å². The molecule has 1 rings (SSSR count). The normalized spacial score (nSPS) is 14.7. The van der Waals surface area contributed by atoms with Gasteiger partial charge in [0.05, 0.1) is 12.1 Å². The van der Waals surface area contributed by atoms with E-state index in [0.29, 0.717) is 0 Å². The van der Waals surface area contributed by atoms with Gasteiger partial charge in [-0.1, -0.05) is 30.3 Å². The highest BCUT2D eigenvalue weighted by molar-refractivity contribution is 5.68. The second-order valence-corrected chi connectivity index (χ2v) is 5.29. The molecule has 0 spiro atoms. The smallest absolute Gasteiger partial charge is 0.407 e. The van der Waals surface area contributed by atoms with Crippen molar-refractivity contribution in [2.45, 2.75) is 45.4 Å². The lowest BCUT2D eigenvalue weighted by Crippen LogP contribution is -2.40. The molecule has 0 aromatic heterocycles. The van der Waals surface area contributed by atoms with Gasteiger partial charge in [-0.2, -0.15) is 0 Å². The first-order chi connectivity index (χ1) is 8.29. The maximum Gasteiger partial charge on any atom is 0.407 e. The van der Waals surface area contributed by atoms with Crippen molar-refractivity contribution in [3.63, 3.8) is 0 Å². The van der Waals surface area contributed by atoms with Gasteiger partial charge in [-0.15, -0.1) is 0 Å². The van der Waals surface area contributed by atoms with Crippen LogP contribution in [0.4, 0.5) is 4.79 Å². The van der Waals surface area contributed by atoms with E-state index in [2.05, 4.69) is 5.32 Å². The Kier molecular flexibility index (Phi) is 4.73. The highest BCUT2D eigenvalue weighted by Gasteiger charge is 2.22.